The molecule has 180 valence electrons. The molecule has 1 aliphatic rings. The van der Waals surface area contributed by atoms with Gasteiger partial charge in [0.2, 0.25) is 0 Å². The summed E-state index contributed by atoms with van der Waals surface area (Å²) in [7, 11) is 0. The molecule has 2 aromatic heterocycles. The zero-order chi connectivity index (χ0) is 25.4. The first-order valence-electron chi connectivity index (χ1n) is 12.5. The van der Waals surface area contributed by atoms with Crippen molar-refractivity contribution >= 4 is 38.9 Å². The van der Waals surface area contributed by atoms with Crippen LogP contribution in [0.1, 0.15) is 48.6 Å². The molecule has 0 aliphatic carbocycles. The summed E-state index contributed by atoms with van der Waals surface area (Å²) in [4.78, 5) is 12.2. The van der Waals surface area contributed by atoms with E-state index in [0.717, 1.165) is 61.5 Å². The number of hydrogen-bond acceptors (Lipinski definition) is 4. The van der Waals surface area contributed by atoms with Crippen LogP contribution in [0, 0.1) is 27.7 Å². The quantitative estimate of drug-likeness (QED) is 0.239. The summed E-state index contributed by atoms with van der Waals surface area (Å²) in [6.45, 7) is 15.4. The molecule has 0 saturated heterocycles. The van der Waals surface area contributed by atoms with E-state index < -0.39 is 0 Å². The van der Waals surface area contributed by atoms with E-state index in [1.54, 1.807) is 0 Å². The van der Waals surface area contributed by atoms with Gasteiger partial charge in [-0.15, -0.1) is 0 Å². The number of benzene rings is 3. The van der Waals surface area contributed by atoms with E-state index >= 15 is 0 Å². The molecular formula is C32H31N3O. The normalized spacial score (nSPS) is 13.0. The molecule has 4 nitrogen and oxygen atoms in total. The Labute approximate surface area is 212 Å². The first-order valence-corrected chi connectivity index (χ1v) is 12.5. The standard InChI is InChI=1S/C32H31N3O/c1-18-12-22-8-10-25-30(27(22)33-16-18)35(29-20(3)14-24(15-21(29)4)32(5,6)7)31-26(36-25)11-9-23-13-19(2)17-34-28(23)31/h8-17H,1-7H3. The number of hydrogen-bond donors (Lipinski definition) is 0. The lowest BCUT2D eigenvalue weighted by Crippen LogP contribution is -2.20. The molecule has 3 heterocycles. The summed E-state index contributed by atoms with van der Waals surface area (Å²) in [6.07, 6.45) is 3.87. The second-order valence-electron chi connectivity index (χ2n) is 11.1. The molecule has 0 unspecified atom stereocenters. The second-order valence-corrected chi connectivity index (χ2v) is 11.1. The second kappa shape index (κ2) is 7.79. The summed E-state index contributed by atoms with van der Waals surface area (Å²) in [5.74, 6) is 1.60. The minimum absolute atomic E-state index is 0.0619. The van der Waals surface area contributed by atoms with E-state index in [2.05, 4.69) is 102 Å². The maximum atomic E-state index is 6.54. The van der Waals surface area contributed by atoms with Gasteiger partial charge < -0.3 is 4.74 Å². The molecule has 5 aromatic rings. The number of aryl methyl sites for hydroxylation is 4. The minimum Gasteiger partial charge on any atom is -0.453 e. The van der Waals surface area contributed by atoms with Crippen LogP contribution in [-0.2, 0) is 5.41 Å². The van der Waals surface area contributed by atoms with Crippen molar-refractivity contribution in [2.45, 2.75) is 53.9 Å². The Morgan fingerprint density at radius 2 is 1.11 bits per heavy atom. The maximum Gasteiger partial charge on any atom is 0.153 e. The van der Waals surface area contributed by atoms with E-state index in [1.807, 2.05) is 12.4 Å². The summed E-state index contributed by atoms with van der Waals surface area (Å²) in [6, 6.07) is 17.3. The van der Waals surface area contributed by atoms with Gasteiger partial charge in [-0.25, -0.2) is 0 Å². The van der Waals surface area contributed by atoms with Crippen molar-refractivity contribution in [1.82, 2.24) is 9.97 Å². The molecule has 0 bridgehead atoms. The molecular weight excluding hydrogens is 442 g/mol. The van der Waals surface area contributed by atoms with Crippen LogP contribution in [0.15, 0.2) is 60.9 Å². The van der Waals surface area contributed by atoms with Crippen molar-refractivity contribution in [1.29, 1.82) is 0 Å². The van der Waals surface area contributed by atoms with Gasteiger partial charge in [0.05, 0.1) is 16.7 Å². The van der Waals surface area contributed by atoms with Gasteiger partial charge in [0.1, 0.15) is 11.4 Å². The van der Waals surface area contributed by atoms with Crippen LogP contribution >= 0.6 is 0 Å². The Morgan fingerprint density at radius 1 is 0.639 bits per heavy atom. The third-order valence-electron chi connectivity index (χ3n) is 7.10. The summed E-state index contributed by atoms with van der Waals surface area (Å²) in [5, 5.41) is 2.19. The van der Waals surface area contributed by atoms with Crippen LogP contribution in [-0.4, -0.2) is 9.97 Å². The van der Waals surface area contributed by atoms with Gasteiger partial charge in [-0.2, -0.15) is 0 Å². The van der Waals surface area contributed by atoms with Gasteiger partial charge in [0.25, 0.3) is 0 Å². The fraction of sp³-hybridized carbons (Fsp3) is 0.250. The van der Waals surface area contributed by atoms with E-state index in [4.69, 9.17) is 14.7 Å². The zero-order valence-electron chi connectivity index (χ0n) is 22.0. The highest BCUT2D eigenvalue weighted by molar-refractivity contribution is 6.08. The van der Waals surface area contributed by atoms with Crippen LogP contribution < -0.4 is 9.64 Å². The van der Waals surface area contributed by atoms with Crippen molar-refractivity contribution in [2.24, 2.45) is 0 Å². The lowest BCUT2D eigenvalue weighted by molar-refractivity contribution is 0.478. The number of rotatable bonds is 1. The maximum absolute atomic E-state index is 6.54. The Balaban J connectivity index is 1.74. The molecule has 0 spiro atoms. The van der Waals surface area contributed by atoms with E-state index in [1.165, 1.54) is 16.7 Å². The van der Waals surface area contributed by atoms with Gasteiger partial charge in [-0.1, -0.05) is 32.9 Å². The average Bonchev–Trinajstić information content (AvgIpc) is 2.81. The van der Waals surface area contributed by atoms with Gasteiger partial charge in [-0.3, -0.25) is 14.9 Å². The molecule has 0 radical (unpaired) electrons. The van der Waals surface area contributed by atoms with Crippen LogP contribution in [0.5, 0.6) is 11.5 Å². The number of fused-ring (bicyclic) bond motifs is 6. The zero-order valence-corrected chi connectivity index (χ0v) is 22.0. The van der Waals surface area contributed by atoms with Crippen molar-refractivity contribution in [3.63, 3.8) is 0 Å². The van der Waals surface area contributed by atoms with Crippen LogP contribution in [0.2, 0.25) is 0 Å². The molecule has 6 rings (SSSR count). The minimum atomic E-state index is 0.0619. The monoisotopic (exact) mass is 473 g/mol. The molecule has 0 saturated carbocycles. The fourth-order valence-electron chi connectivity index (χ4n) is 5.35. The molecule has 0 atom stereocenters. The molecule has 4 heteroatoms. The number of nitrogens with zero attached hydrogens (tertiary/aromatic N) is 3. The van der Waals surface area contributed by atoms with E-state index in [0.29, 0.717) is 0 Å². The highest BCUT2D eigenvalue weighted by atomic mass is 16.5. The predicted octanol–water partition coefficient (Wildman–Crippen LogP) is 8.89. The number of pyridine rings is 2. The van der Waals surface area contributed by atoms with Crippen LogP contribution in [0.4, 0.5) is 17.1 Å². The topological polar surface area (TPSA) is 38.3 Å². The number of ether oxygens (including phenoxy) is 1. The van der Waals surface area contributed by atoms with Gasteiger partial charge in [0.15, 0.2) is 11.5 Å². The Bertz CT molecular complexity index is 1580. The van der Waals surface area contributed by atoms with E-state index in [9.17, 15) is 0 Å². The summed E-state index contributed by atoms with van der Waals surface area (Å²) >= 11 is 0. The van der Waals surface area contributed by atoms with Crippen molar-refractivity contribution in [3.05, 3.63) is 88.7 Å². The largest absolute Gasteiger partial charge is 0.453 e. The summed E-state index contributed by atoms with van der Waals surface area (Å²) in [5.41, 5.74) is 11.0. The lowest BCUT2D eigenvalue weighted by Gasteiger charge is -2.36. The fourth-order valence-corrected chi connectivity index (χ4v) is 5.35. The molecule has 0 amide bonds. The predicted molar refractivity (Wildman–Crippen MR) is 149 cm³/mol. The smallest absolute Gasteiger partial charge is 0.153 e. The highest BCUT2D eigenvalue weighted by Gasteiger charge is 2.33. The Morgan fingerprint density at radius 3 is 1.56 bits per heavy atom. The first-order chi connectivity index (χ1) is 17.1. The van der Waals surface area contributed by atoms with Gasteiger partial charge in [-0.05, 0) is 97.3 Å². The lowest BCUT2D eigenvalue weighted by atomic mass is 9.84. The summed E-state index contributed by atoms with van der Waals surface area (Å²) < 4.78 is 6.54. The highest BCUT2D eigenvalue weighted by Crippen LogP contribution is 2.56. The molecule has 1 aliphatic heterocycles. The molecule has 0 fully saturated rings. The third-order valence-corrected chi connectivity index (χ3v) is 7.10. The van der Waals surface area contributed by atoms with Crippen LogP contribution in [0.3, 0.4) is 0 Å². The first kappa shape index (κ1) is 22.5. The average molecular weight is 474 g/mol. The SMILES string of the molecule is Cc1cnc2c3c(ccc2c1)Oc1ccc2cc(C)cnc2c1N3c1c(C)cc(C(C)(C)C)cc1C. The third kappa shape index (κ3) is 3.43. The van der Waals surface area contributed by atoms with Gasteiger partial charge >= 0.3 is 0 Å². The Hall–Kier alpha value is -3.92. The number of anilines is 3. The number of aromatic nitrogens is 2. The van der Waals surface area contributed by atoms with Crippen molar-refractivity contribution < 1.29 is 4.74 Å². The van der Waals surface area contributed by atoms with Crippen molar-refractivity contribution in [2.75, 3.05) is 4.90 Å². The molecule has 36 heavy (non-hydrogen) atoms. The van der Waals surface area contributed by atoms with E-state index in [-0.39, 0.29) is 5.41 Å². The Kier molecular flexibility index (Phi) is 4.88. The van der Waals surface area contributed by atoms with Crippen molar-refractivity contribution in [3.8, 4) is 11.5 Å². The molecule has 3 aromatic carbocycles. The van der Waals surface area contributed by atoms with Crippen LogP contribution in [0.25, 0.3) is 21.8 Å². The molecule has 0 N–H and O–H groups in total. The van der Waals surface area contributed by atoms with Gasteiger partial charge in [0, 0.05) is 23.2 Å².